The summed E-state index contributed by atoms with van der Waals surface area (Å²) in [7, 11) is -1.67. The summed E-state index contributed by atoms with van der Waals surface area (Å²) >= 11 is 6.01. The average molecular weight is 287 g/mol. The molecule has 2 nitrogen and oxygen atoms in total. The minimum atomic E-state index is -1.67. The number of benzene rings is 1. The predicted octanol–water partition coefficient (Wildman–Crippen LogP) is 4.74. The summed E-state index contributed by atoms with van der Waals surface area (Å²) in [5.74, 6) is 0.720. The second kappa shape index (κ2) is 6.09. The molecule has 102 valence electrons. The van der Waals surface area contributed by atoms with Crippen LogP contribution < -0.4 is 4.74 Å². The van der Waals surface area contributed by atoms with E-state index in [-0.39, 0.29) is 5.04 Å². The Bertz CT molecular complexity index is 386. The summed E-state index contributed by atoms with van der Waals surface area (Å²) in [6.07, 6.45) is 0. The molecule has 0 unspecified atom stereocenters. The highest BCUT2D eigenvalue weighted by atomic mass is 35.5. The molecule has 0 saturated carbocycles. The smallest absolute Gasteiger partial charge is 0.192 e. The van der Waals surface area contributed by atoms with E-state index in [0.717, 1.165) is 5.75 Å². The third-order valence-corrected chi connectivity index (χ3v) is 8.30. The van der Waals surface area contributed by atoms with Gasteiger partial charge in [-0.05, 0) is 30.3 Å². The fourth-order valence-corrected chi connectivity index (χ4v) is 2.44. The molecule has 0 radical (unpaired) electrons. The van der Waals surface area contributed by atoms with Crippen LogP contribution in [0.5, 0.6) is 5.75 Å². The van der Waals surface area contributed by atoms with E-state index in [1.165, 1.54) is 0 Å². The zero-order valence-electron chi connectivity index (χ0n) is 11.9. The van der Waals surface area contributed by atoms with Gasteiger partial charge in [0, 0.05) is 0 Å². The molecule has 0 aliphatic carbocycles. The summed E-state index contributed by atoms with van der Waals surface area (Å²) in [4.78, 5) is 0. The van der Waals surface area contributed by atoms with Gasteiger partial charge in [0.15, 0.2) is 8.32 Å². The summed E-state index contributed by atoms with van der Waals surface area (Å²) in [6.45, 7) is 12.3. The van der Waals surface area contributed by atoms with E-state index >= 15 is 0 Å². The van der Waals surface area contributed by atoms with Crippen LogP contribution in [0.15, 0.2) is 24.3 Å². The van der Waals surface area contributed by atoms with Gasteiger partial charge in [-0.25, -0.2) is 0 Å². The quantitative estimate of drug-likeness (QED) is 0.575. The van der Waals surface area contributed by atoms with Gasteiger partial charge in [0.25, 0.3) is 0 Å². The van der Waals surface area contributed by atoms with Crippen molar-refractivity contribution in [2.75, 3.05) is 13.2 Å². The van der Waals surface area contributed by atoms with E-state index in [2.05, 4.69) is 33.9 Å². The van der Waals surface area contributed by atoms with Crippen molar-refractivity contribution in [2.24, 2.45) is 0 Å². The van der Waals surface area contributed by atoms with Gasteiger partial charge >= 0.3 is 0 Å². The minimum absolute atomic E-state index is 0.234. The molecule has 0 aliphatic rings. The molecule has 1 aromatic carbocycles. The lowest BCUT2D eigenvalue weighted by Gasteiger charge is -2.36. The third-order valence-electron chi connectivity index (χ3n) is 3.45. The van der Waals surface area contributed by atoms with Gasteiger partial charge in [-0.15, -0.1) is 0 Å². The Kier molecular flexibility index (Phi) is 5.26. The van der Waals surface area contributed by atoms with Gasteiger partial charge in [-0.1, -0.05) is 44.5 Å². The van der Waals surface area contributed by atoms with Crippen molar-refractivity contribution in [1.29, 1.82) is 0 Å². The van der Waals surface area contributed by atoms with Crippen LogP contribution in [-0.4, -0.2) is 21.5 Å². The monoisotopic (exact) mass is 286 g/mol. The Morgan fingerprint density at radius 1 is 1.11 bits per heavy atom. The van der Waals surface area contributed by atoms with Crippen molar-refractivity contribution in [3.8, 4) is 5.75 Å². The van der Waals surface area contributed by atoms with Crippen molar-refractivity contribution in [3.05, 3.63) is 29.3 Å². The maximum Gasteiger partial charge on any atom is 0.192 e. The van der Waals surface area contributed by atoms with Gasteiger partial charge in [0.2, 0.25) is 0 Å². The van der Waals surface area contributed by atoms with Crippen LogP contribution in [0.3, 0.4) is 0 Å². The molecule has 0 spiro atoms. The number of rotatable bonds is 5. The fourth-order valence-electron chi connectivity index (χ4n) is 1.23. The van der Waals surface area contributed by atoms with Crippen molar-refractivity contribution in [1.82, 2.24) is 0 Å². The van der Waals surface area contributed by atoms with Gasteiger partial charge in [0.1, 0.15) is 12.4 Å². The standard InChI is InChI=1S/C14H23ClO2Si/c1-14(2,3)18(4,5)17-11-10-16-13-9-7-6-8-12(13)15/h6-9H,10-11H2,1-5H3. The lowest BCUT2D eigenvalue weighted by atomic mass is 10.2. The summed E-state index contributed by atoms with van der Waals surface area (Å²) < 4.78 is 11.6. The highest BCUT2D eigenvalue weighted by Gasteiger charge is 2.36. The highest BCUT2D eigenvalue weighted by molar-refractivity contribution is 6.74. The molecule has 0 aromatic heterocycles. The van der Waals surface area contributed by atoms with Crippen LogP contribution in [0.25, 0.3) is 0 Å². The molecule has 4 heteroatoms. The number of ether oxygens (including phenoxy) is 1. The molecule has 0 atom stereocenters. The Morgan fingerprint density at radius 3 is 2.28 bits per heavy atom. The van der Waals surface area contributed by atoms with E-state index in [4.69, 9.17) is 20.8 Å². The van der Waals surface area contributed by atoms with Gasteiger partial charge in [0.05, 0.1) is 11.6 Å². The molecule has 0 fully saturated rings. The van der Waals surface area contributed by atoms with Crippen LogP contribution in [0.2, 0.25) is 23.2 Å². The molecular formula is C14H23ClO2Si. The molecule has 0 saturated heterocycles. The van der Waals surface area contributed by atoms with Crippen molar-refractivity contribution < 1.29 is 9.16 Å². The topological polar surface area (TPSA) is 18.5 Å². The fraction of sp³-hybridized carbons (Fsp3) is 0.571. The van der Waals surface area contributed by atoms with E-state index in [1.807, 2.05) is 24.3 Å². The number of halogens is 1. The number of hydrogen-bond donors (Lipinski definition) is 0. The van der Waals surface area contributed by atoms with Crippen LogP contribution in [0, 0.1) is 0 Å². The molecule has 0 heterocycles. The van der Waals surface area contributed by atoms with Gasteiger partial charge in [-0.2, -0.15) is 0 Å². The minimum Gasteiger partial charge on any atom is -0.490 e. The van der Waals surface area contributed by atoms with Crippen molar-refractivity contribution in [3.63, 3.8) is 0 Å². The van der Waals surface area contributed by atoms with Crippen LogP contribution >= 0.6 is 11.6 Å². The molecular weight excluding hydrogens is 264 g/mol. The first-order valence-corrected chi connectivity index (χ1v) is 9.54. The lowest BCUT2D eigenvalue weighted by Crippen LogP contribution is -2.41. The molecule has 0 amide bonds. The summed E-state index contributed by atoms with van der Waals surface area (Å²) in [6, 6.07) is 7.50. The van der Waals surface area contributed by atoms with Crippen molar-refractivity contribution in [2.45, 2.75) is 38.9 Å². The maximum absolute atomic E-state index is 6.03. The summed E-state index contributed by atoms with van der Waals surface area (Å²) in [5.41, 5.74) is 0. The Balaban J connectivity index is 2.38. The zero-order chi connectivity index (χ0) is 13.8. The SMILES string of the molecule is CC(C)(C)[Si](C)(C)OCCOc1ccccc1Cl. The maximum atomic E-state index is 6.03. The first kappa shape index (κ1) is 15.5. The zero-order valence-corrected chi connectivity index (χ0v) is 13.7. The van der Waals surface area contributed by atoms with Gasteiger partial charge in [-0.3, -0.25) is 0 Å². The summed E-state index contributed by atoms with van der Waals surface area (Å²) in [5, 5.41) is 0.877. The first-order chi connectivity index (χ1) is 8.24. The Labute approximate surface area is 116 Å². The van der Waals surface area contributed by atoms with E-state index in [9.17, 15) is 0 Å². The second-order valence-electron chi connectivity index (χ2n) is 5.89. The highest BCUT2D eigenvalue weighted by Crippen LogP contribution is 2.36. The number of para-hydroxylation sites is 1. The van der Waals surface area contributed by atoms with Crippen molar-refractivity contribution >= 4 is 19.9 Å². The first-order valence-electron chi connectivity index (χ1n) is 6.25. The Hall–Kier alpha value is -0.513. The van der Waals surface area contributed by atoms with Crippen LogP contribution in [0.4, 0.5) is 0 Å². The largest absolute Gasteiger partial charge is 0.490 e. The molecule has 18 heavy (non-hydrogen) atoms. The van der Waals surface area contributed by atoms with Crippen LogP contribution in [-0.2, 0) is 4.43 Å². The third kappa shape index (κ3) is 4.30. The predicted molar refractivity (Wildman–Crippen MR) is 80.1 cm³/mol. The second-order valence-corrected chi connectivity index (χ2v) is 11.1. The van der Waals surface area contributed by atoms with Crippen LogP contribution in [0.1, 0.15) is 20.8 Å². The Morgan fingerprint density at radius 2 is 1.72 bits per heavy atom. The molecule has 1 rings (SSSR count). The molecule has 1 aromatic rings. The normalized spacial score (nSPS) is 12.6. The molecule has 0 N–H and O–H groups in total. The van der Waals surface area contributed by atoms with E-state index in [1.54, 1.807) is 0 Å². The lowest BCUT2D eigenvalue weighted by molar-refractivity contribution is 0.203. The van der Waals surface area contributed by atoms with Gasteiger partial charge < -0.3 is 9.16 Å². The molecule has 0 aliphatic heterocycles. The van der Waals surface area contributed by atoms with E-state index in [0.29, 0.717) is 18.2 Å². The van der Waals surface area contributed by atoms with E-state index < -0.39 is 8.32 Å². The molecule has 0 bridgehead atoms. The average Bonchev–Trinajstić information content (AvgIpc) is 2.25. The number of hydrogen-bond acceptors (Lipinski definition) is 2.